The van der Waals surface area contributed by atoms with E-state index < -0.39 is 52.3 Å². The number of alkyl halides is 6. The number of halogens is 6. The second-order valence-corrected chi connectivity index (χ2v) is 16.1. The Hall–Kier alpha value is -1.13. The van der Waals surface area contributed by atoms with Crippen LogP contribution in [0.4, 0.5) is 4.79 Å². The van der Waals surface area contributed by atoms with E-state index in [-0.39, 0.29) is 18.8 Å². The molecule has 0 unspecified atom stereocenters. The first-order chi connectivity index (χ1) is 18.8. The van der Waals surface area contributed by atoms with E-state index >= 15 is 0 Å². The van der Waals surface area contributed by atoms with Gasteiger partial charge in [0.05, 0.1) is 0 Å². The second kappa shape index (κ2) is 15.6. The summed E-state index contributed by atoms with van der Waals surface area (Å²) in [5, 5.41) is 2.55. The summed E-state index contributed by atoms with van der Waals surface area (Å²) in [4.78, 5) is 25.4. The predicted molar refractivity (Wildman–Crippen MR) is 160 cm³/mol. The number of hydrogen-bond donors (Lipinski definition) is 1. The summed E-state index contributed by atoms with van der Waals surface area (Å²) in [6, 6.07) is 13.9. The van der Waals surface area contributed by atoms with E-state index in [9.17, 15) is 14.2 Å². The maximum absolute atomic E-state index is 13.1. The molecule has 0 aromatic heterocycles. The Kier molecular flexibility index (Phi) is 13.7. The second-order valence-electron chi connectivity index (χ2n) is 9.46. The van der Waals surface area contributed by atoms with Gasteiger partial charge in [-0.3, -0.25) is 9.05 Å². The molecule has 1 N–H and O–H groups in total. The molecule has 0 radical (unpaired) electrons. The van der Waals surface area contributed by atoms with Crippen LogP contribution in [0.2, 0.25) is 0 Å². The summed E-state index contributed by atoms with van der Waals surface area (Å²) in [5.41, 5.74) is 0.567. The minimum absolute atomic E-state index is 0.0105. The van der Waals surface area contributed by atoms with Gasteiger partial charge in [-0.05, 0) is 44.0 Å². The van der Waals surface area contributed by atoms with Gasteiger partial charge in [-0.15, -0.1) is 0 Å². The Morgan fingerprint density at radius 3 is 1.85 bits per heavy atom. The summed E-state index contributed by atoms with van der Waals surface area (Å²) >= 11 is 34.0. The maximum atomic E-state index is 13.1. The van der Waals surface area contributed by atoms with Gasteiger partial charge in [-0.2, -0.15) is 0 Å². The van der Waals surface area contributed by atoms with E-state index in [1.54, 1.807) is 45.0 Å². The number of esters is 1. The Bertz CT molecular complexity index is 1160. The molecule has 0 bridgehead atoms. The smallest absolute Gasteiger partial charge is 0.459 e. The number of nitrogens with one attached hydrogen (secondary N) is 1. The minimum Gasteiger partial charge on any atom is -0.459 e. The van der Waals surface area contributed by atoms with Crippen molar-refractivity contribution >= 4 is 89.5 Å². The van der Waals surface area contributed by atoms with E-state index in [2.05, 4.69) is 5.32 Å². The van der Waals surface area contributed by atoms with Crippen molar-refractivity contribution in [2.45, 2.75) is 53.0 Å². The molecular formula is C25H28Cl6NO8P. The monoisotopic (exact) mass is 711 g/mol. The van der Waals surface area contributed by atoms with Crippen molar-refractivity contribution in [3.8, 4) is 5.75 Å². The highest BCUT2D eigenvalue weighted by Crippen LogP contribution is 2.52. The summed E-state index contributed by atoms with van der Waals surface area (Å²) < 4.78 is 35.5. The summed E-state index contributed by atoms with van der Waals surface area (Å²) in [5.74, 6) is -0.654. The number of ether oxygens (including phenoxy) is 2. The van der Waals surface area contributed by atoms with Crippen LogP contribution in [0.1, 0.15) is 31.9 Å². The van der Waals surface area contributed by atoms with E-state index in [0.29, 0.717) is 5.56 Å². The van der Waals surface area contributed by atoms with Crippen molar-refractivity contribution in [1.29, 1.82) is 0 Å². The van der Waals surface area contributed by atoms with Crippen molar-refractivity contribution in [1.82, 2.24) is 5.32 Å². The SMILES string of the molecule is CC(C)(C)OC(=O)N[C@@H](Cc1ccc(OP(=O)(OCC(Cl)(Cl)Cl)OCC(Cl)(Cl)Cl)cc1)C(=O)OCc1ccccc1. The predicted octanol–water partition coefficient (Wildman–Crippen LogP) is 8.13. The molecule has 0 spiro atoms. The zero-order chi connectivity index (χ0) is 30.9. The van der Waals surface area contributed by atoms with Crippen LogP contribution in [0.5, 0.6) is 5.75 Å². The van der Waals surface area contributed by atoms with Crippen LogP contribution in [0, 0.1) is 0 Å². The molecule has 0 aliphatic heterocycles. The molecule has 228 valence electrons. The van der Waals surface area contributed by atoms with Gasteiger partial charge < -0.3 is 19.3 Å². The van der Waals surface area contributed by atoms with Gasteiger partial charge in [0.15, 0.2) is 0 Å². The fourth-order valence-electron chi connectivity index (χ4n) is 2.92. The molecule has 2 aromatic carbocycles. The Balaban J connectivity index is 2.16. The minimum atomic E-state index is -4.42. The number of benzene rings is 2. The Morgan fingerprint density at radius 1 is 0.829 bits per heavy atom. The lowest BCUT2D eigenvalue weighted by molar-refractivity contribution is -0.147. The van der Waals surface area contributed by atoms with Crippen LogP contribution < -0.4 is 9.84 Å². The van der Waals surface area contributed by atoms with Crippen molar-refractivity contribution in [3.63, 3.8) is 0 Å². The molecule has 41 heavy (non-hydrogen) atoms. The molecule has 2 rings (SSSR count). The number of phosphoric ester groups is 1. The molecule has 1 amide bonds. The molecule has 16 heteroatoms. The summed E-state index contributed by atoms with van der Waals surface area (Å²) in [6.45, 7) is 3.78. The van der Waals surface area contributed by atoms with Gasteiger partial charge in [0, 0.05) is 6.42 Å². The van der Waals surface area contributed by atoms with E-state index in [1.165, 1.54) is 12.1 Å². The summed E-state index contributed by atoms with van der Waals surface area (Å²) in [7, 11) is -4.42. The van der Waals surface area contributed by atoms with Crippen molar-refractivity contribution < 1.29 is 37.2 Å². The average molecular weight is 714 g/mol. The zero-order valence-corrected chi connectivity index (χ0v) is 27.5. The molecular weight excluding hydrogens is 686 g/mol. The van der Waals surface area contributed by atoms with Crippen LogP contribution in [0.25, 0.3) is 0 Å². The van der Waals surface area contributed by atoms with Gasteiger partial charge >= 0.3 is 19.9 Å². The highest BCUT2D eigenvalue weighted by molar-refractivity contribution is 7.49. The number of phosphoric acid groups is 1. The quantitative estimate of drug-likeness (QED) is 0.133. The van der Waals surface area contributed by atoms with Crippen molar-refractivity contribution in [2.75, 3.05) is 13.2 Å². The average Bonchev–Trinajstić information content (AvgIpc) is 2.84. The normalized spacial score (nSPS) is 13.3. The van der Waals surface area contributed by atoms with E-state index in [1.807, 2.05) is 18.2 Å². The van der Waals surface area contributed by atoms with Gasteiger partial charge in [-0.1, -0.05) is 112 Å². The van der Waals surface area contributed by atoms with Crippen LogP contribution in [-0.2, 0) is 40.9 Å². The van der Waals surface area contributed by atoms with Gasteiger partial charge in [0.25, 0.3) is 0 Å². The number of amides is 1. The van der Waals surface area contributed by atoms with Gasteiger partial charge in [-0.25, -0.2) is 14.2 Å². The molecule has 0 saturated carbocycles. The zero-order valence-electron chi connectivity index (χ0n) is 22.1. The molecule has 2 aromatic rings. The lowest BCUT2D eigenvalue weighted by Crippen LogP contribution is -2.45. The number of carbonyl (C=O) groups excluding carboxylic acids is 2. The first-order valence-corrected chi connectivity index (χ1v) is 15.6. The van der Waals surface area contributed by atoms with Crippen LogP contribution in [0.3, 0.4) is 0 Å². The first kappa shape index (κ1) is 36.1. The Morgan fingerprint density at radius 2 is 1.37 bits per heavy atom. The van der Waals surface area contributed by atoms with Crippen LogP contribution >= 0.6 is 77.4 Å². The van der Waals surface area contributed by atoms with E-state index in [0.717, 1.165) is 5.56 Å². The fraction of sp³-hybridized carbons (Fsp3) is 0.440. The number of hydrogen-bond acceptors (Lipinski definition) is 8. The summed E-state index contributed by atoms with van der Waals surface area (Å²) in [6.07, 6.45) is -0.768. The standard InChI is InChI=1S/C25H28Cl6NO8P/c1-23(2,3)39-22(34)32-20(21(33)36-14-18-7-5-4-6-8-18)13-17-9-11-19(12-10-17)40-41(35,37-15-24(26,27)28)38-16-25(29,30)31/h4-12,20H,13-16H2,1-3H3,(H,32,34)/t20-/m0/s1. The molecule has 0 heterocycles. The molecule has 0 aliphatic carbocycles. The van der Waals surface area contributed by atoms with Crippen LogP contribution in [-0.4, -0.2) is 44.5 Å². The third-order valence-corrected chi connectivity index (χ3v) is 6.53. The van der Waals surface area contributed by atoms with Gasteiger partial charge in [0.2, 0.25) is 7.59 Å². The highest BCUT2D eigenvalue weighted by atomic mass is 35.6. The van der Waals surface area contributed by atoms with Crippen molar-refractivity contribution in [3.05, 3.63) is 65.7 Å². The largest absolute Gasteiger partial charge is 0.530 e. The Labute approximate surface area is 268 Å². The fourth-order valence-corrected chi connectivity index (χ4v) is 4.97. The third-order valence-electron chi connectivity index (χ3n) is 4.55. The van der Waals surface area contributed by atoms with Crippen molar-refractivity contribution in [2.24, 2.45) is 0 Å². The highest BCUT2D eigenvalue weighted by Gasteiger charge is 2.36. The van der Waals surface area contributed by atoms with E-state index in [4.69, 9.17) is 92.7 Å². The molecule has 1 atom stereocenters. The number of alkyl carbamates (subject to hydrolysis) is 1. The van der Waals surface area contributed by atoms with Crippen LogP contribution in [0.15, 0.2) is 54.6 Å². The maximum Gasteiger partial charge on any atom is 0.530 e. The lowest BCUT2D eigenvalue weighted by Gasteiger charge is -2.23. The third kappa shape index (κ3) is 15.8. The molecule has 0 fully saturated rings. The number of rotatable bonds is 12. The first-order valence-electron chi connectivity index (χ1n) is 11.8. The van der Waals surface area contributed by atoms with Gasteiger partial charge in [0.1, 0.15) is 37.2 Å². The number of carbonyl (C=O) groups is 2. The molecule has 0 saturated heterocycles. The topological polar surface area (TPSA) is 109 Å². The molecule has 9 nitrogen and oxygen atoms in total. The molecule has 0 aliphatic rings. The lowest BCUT2D eigenvalue weighted by atomic mass is 10.1.